The number of nitrogens with zero attached hydrogens (tertiary/aromatic N) is 2. The third kappa shape index (κ3) is 4.08. The predicted octanol–water partition coefficient (Wildman–Crippen LogP) is 0.215. The van der Waals surface area contributed by atoms with E-state index in [1.54, 1.807) is 23.5 Å². The van der Waals surface area contributed by atoms with Gasteiger partial charge in [-0.25, -0.2) is 0 Å². The van der Waals surface area contributed by atoms with Gasteiger partial charge in [0.1, 0.15) is 0 Å². The van der Waals surface area contributed by atoms with E-state index >= 15 is 0 Å². The minimum absolute atomic E-state index is 0. The molecule has 19 heavy (non-hydrogen) atoms. The fourth-order valence-corrected chi connectivity index (χ4v) is 4.05. The fraction of sp³-hybridized carbons (Fsp3) is 0.300. The summed E-state index contributed by atoms with van der Waals surface area (Å²) in [5.41, 5.74) is 0.0996. The molecule has 0 radical (unpaired) electrons. The molecule has 6 nitrogen and oxygen atoms in total. The van der Waals surface area contributed by atoms with Crippen molar-refractivity contribution in [2.45, 2.75) is 6.42 Å². The van der Waals surface area contributed by atoms with Crippen LogP contribution in [0.3, 0.4) is 0 Å². The van der Waals surface area contributed by atoms with Crippen LogP contribution in [0.5, 0.6) is 0 Å². The molecular weight excluding hydrogens is 283 g/mol. The number of nitro benzene ring substituents is 2. The van der Waals surface area contributed by atoms with Crippen molar-refractivity contribution in [2.75, 3.05) is 11.5 Å². The number of hydrogen-bond acceptors (Lipinski definition) is 6. The van der Waals surface area contributed by atoms with Gasteiger partial charge in [-0.15, -0.1) is 0 Å². The van der Waals surface area contributed by atoms with Crippen molar-refractivity contribution < 1.29 is 28.7 Å². The van der Waals surface area contributed by atoms with E-state index in [-0.39, 0.29) is 30.2 Å². The van der Waals surface area contributed by atoms with Crippen LogP contribution in [0.15, 0.2) is 18.2 Å². The minimum Gasteiger partial charge on any atom is -0.259 e. The smallest absolute Gasteiger partial charge is 0.259 e. The van der Waals surface area contributed by atoms with Crippen LogP contribution in [0.1, 0.15) is 12.0 Å². The Hall–Kier alpha value is -0.813. The summed E-state index contributed by atoms with van der Waals surface area (Å²) in [7, 11) is 0. The zero-order valence-corrected chi connectivity index (χ0v) is 11.8. The maximum atomic E-state index is 10.8. The first-order valence-electron chi connectivity index (χ1n) is 5.15. The Morgan fingerprint density at radius 2 is 1.47 bits per heavy atom. The Balaban J connectivity index is 0.00000180. The van der Waals surface area contributed by atoms with Gasteiger partial charge in [-0.3, -0.25) is 20.2 Å². The van der Waals surface area contributed by atoms with Crippen molar-refractivity contribution in [3.63, 3.8) is 0 Å². The topological polar surface area (TPSA) is 86.3 Å². The number of hydrogen-bond donors (Lipinski definition) is 0. The van der Waals surface area contributed by atoms with Crippen molar-refractivity contribution in [1.29, 1.82) is 0 Å². The molecular formula is C10H9LiN2O4S2. The van der Waals surface area contributed by atoms with Crippen molar-refractivity contribution in [3.8, 4) is 0 Å². The minimum atomic E-state index is -0.602. The summed E-state index contributed by atoms with van der Waals surface area (Å²) < 4.78 is 0.924. The van der Waals surface area contributed by atoms with Gasteiger partial charge in [0.15, 0.2) is 0 Å². The molecule has 0 bridgehead atoms. The Bertz CT molecular complexity index is 462. The molecule has 9 heteroatoms. The average Bonchev–Trinajstić information content (AvgIpc) is 2.39. The summed E-state index contributed by atoms with van der Waals surface area (Å²) in [6.45, 7) is 0. The Labute approximate surface area is 130 Å². The molecule has 0 unspecified atom stereocenters. The summed E-state index contributed by atoms with van der Waals surface area (Å²) in [5.74, 6) is 1.89. The number of thioether (sulfide) groups is 2. The first-order chi connectivity index (χ1) is 8.58. The number of rotatable bonds is 3. The maximum Gasteiger partial charge on any atom is 1.00 e. The predicted molar refractivity (Wildman–Crippen MR) is 71.6 cm³/mol. The van der Waals surface area contributed by atoms with E-state index in [2.05, 4.69) is 0 Å². The molecule has 1 aromatic carbocycles. The standard InChI is InChI=1S/C10H9N2O4S2.Li/c13-11(14)8-4-7(5-9(6-8)12(15)16)10-17-2-1-3-18-10;/h4-6H,1-3H2;/q-1;+1. The van der Waals surface area contributed by atoms with Gasteiger partial charge in [0.05, 0.1) is 6.07 Å². The quantitative estimate of drug-likeness (QED) is 0.343. The van der Waals surface area contributed by atoms with Crippen LogP contribution in [0, 0.1) is 24.8 Å². The van der Waals surface area contributed by atoms with E-state index in [0.717, 1.165) is 28.6 Å². The van der Waals surface area contributed by atoms with Crippen LogP contribution in [-0.4, -0.2) is 21.4 Å². The zero-order chi connectivity index (χ0) is 13.1. The van der Waals surface area contributed by atoms with E-state index in [0.29, 0.717) is 5.56 Å². The maximum absolute atomic E-state index is 10.8. The molecule has 0 atom stereocenters. The first kappa shape index (κ1) is 16.2. The molecule has 1 aliphatic heterocycles. The van der Waals surface area contributed by atoms with Gasteiger partial charge >= 0.3 is 18.9 Å². The summed E-state index contributed by atoms with van der Waals surface area (Å²) >= 11 is 3.18. The molecule has 0 N–H and O–H groups in total. The summed E-state index contributed by atoms with van der Waals surface area (Å²) in [6, 6.07) is 3.78. The Morgan fingerprint density at radius 1 is 1.00 bits per heavy atom. The van der Waals surface area contributed by atoms with E-state index < -0.39 is 9.85 Å². The molecule has 1 aromatic rings. The largest absolute Gasteiger partial charge is 1.00 e. The molecule has 0 aliphatic carbocycles. The second-order valence-electron chi connectivity index (χ2n) is 3.59. The SMILES string of the molecule is O=[N+]([O-])c1cc([C-]2SCCCS2)cc([N+](=O)[O-])c1.[Li+]. The molecule has 1 saturated heterocycles. The van der Waals surface area contributed by atoms with Crippen molar-refractivity contribution >= 4 is 34.9 Å². The van der Waals surface area contributed by atoms with Crippen LogP contribution in [0.2, 0.25) is 0 Å². The fourth-order valence-electron chi connectivity index (χ4n) is 1.52. The Morgan fingerprint density at radius 3 is 1.89 bits per heavy atom. The third-order valence-electron chi connectivity index (χ3n) is 2.31. The molecule has 1 aliphatic rings. The third-order valence-corrected chi connectivity index (χ3v) is 5.00. The van der Waals surface area contributed by atoms with Gasteiger partial charge in [0.2, 0.25) is 11.4 Å². The molecule has 96 valence electrons. The zero-order valence-electron chi connectivity index (χ0n) is 10.2. The van der Waals surface area contributed by atoms with E-state index in [9.17, 15) is 20.2 Å². The normalized spacial score (nSPS) is 14.6. The van der Waals surface area contributed by atoms with E-state index in [4.69, 9.17) is 0 Å². The number of non-ortho nitro benzene ring substituents is 2. The van der Waals surface area contributed by atoms with Crippen LogP contribution in [0.4, 0.5) is 11.4 Å². The van der Waals surface area contributed by atoms with Crippen molar-refractivity contribution in [2.24, 2.45) is 0 Å². The number of nitro groups is 2. The van der Waals surface area contributed by atoms with Gasteiger partial charge in [0.25, 0.3) is 0 Å². The number of benzene rings is 1. The van der Waals surface area contributed by atoms with Crippen molar-refractivity contribution in [3.05, 3.63) is 48.6 Å². The van der Waals surface area contributed by atoms with E-state index in [1.807, 2.05) is 0 Å². The van der Waals surface area contributed by atoms with Gasteiger partial charge < -0.3 is 0 Å². The molecule has 0 amide bonds. The average molecular weight is 292 g/mol. The second-order valence-corrected chi connectivity index (χ2v) is 6.06. The Kier molecular flexibility index (Phi) is 6.07. The van der Waals surface area contributed by atoms with Gasteiger partial charge in [-0.05, 0) is 17.9 Å². The first-order valence-corrected chi connectivity index (χ1v) is 7.12. The van der Waals surface area contributed by atoms with E-state index in [1.165, 1.54) is 12.1 Å². The van der Waals surface area contributed by atoms with Crippen molar-refractivity contribution in [1.82, 2.24) is 0 Å². The van der Waals surface area contributed by atoms with Gasteiger partial charge in [-0.1, -0.05) is 16.7 Å². The van der Waals surface area contributed by atoms with Crippen LogP contribution in [-0.2, 0) is 0 Å². The molecule has 1 heterocycles. The van der Waals surface area contributed by atoms with Crippen LogP contribution >= 0.6 is 23.5 Å². The summed E-state index contributed by atoms with van der Waals surface area (Å²) in [6.07, 6.45) is 1.08. The molecule has 0 aromatic heterocycles. The summed E-state index contributed by atoms with van der Waals surface area (Å²) in [5, 5.41) is 21.5. The van der Waals surface area contributed by atoms with Crippen LogP contribution in [0.25, 0.3) is 0 Å². The van der Waals surface area contributed by atoms with Gasteiger partial charge in [0, 0.05) is 9.85 Å². The molecule has 0 spiro atoms. The van der Waals surface area contributed by atoms with Crippen LogP contribution < -0.4 is 18.9 Å². The monoisotopic (exact) mass is 292 g/mol. The molecule has 0 saturated carbocycles. The second kappa shape index (κ2) is 7.10. The molecule has 1 fully saturated rings. The molecule has 2 rings (SSSR count). The van der Waals surface area contributed by atoms with Gasteiger partial charge in [-0.2, -0.15) is 29.1 Å². The summed E-state index contributed by atoms with van der Waals surface area (Å²) in [4.78, 5) is 20.3.